The van der Waals surface area contributed by atoms with Crippen molar-refractivity contribution in [2.75, 3.05) is 0 Å². The fraction of sp³-hybridized carbons (Fsp3) is 0.200. The maximum Gasteiger partial charge on any atom is 0.220 e. The molecule has 2 aromatic carbocycles. The largest absolute Gasteiger partial charge is 0.441 e. The minimum Gasteiger partial charge on any atom is -0.441 e. The molecule has 0 spiro atoms. The van der Waals surface area contributed by atoms with E-state index in [-0.39, 0.29) is 23.7 Å². The number of aromatic nitrogens is 1. The molecule has 0 aliphatic carbocycles. The van der Waals surface area contributed by atoms with Gasteiger partial charge in [-0.1, -0.05) is 29.8 Å². The zero-order valence-corrected chi connectivity index (χ0v) is 14.3. The molecule has 1 N–H and O–H groups in total. The summed E-state index contributed by atoms with van der Waals surface area (Å²) in [6, 6.07) is 11.1. The zero-order chi connectivity index (χ0) is 18.5. The van der Waals surface area contributed by atoms with E-state index in [0.29, 0.717) is 18.9 Å². The molecule has 0 fully saturated rings. The predicted molar refractivity (Wildman–Crippen MR) is 93.2 cm³/mol. The molecular formula is C20H18F2N2O2. The lowest BCUT2D eigenvalue weighted by molar-refractivity contribution is -0.121. The van der Waals surface area contributed by atoms with E-state index in [1.54, 1.807) is 0 Å². The fourth-order valence-electron chi connectivity index (χ4n) is 2.46. The SMILES string of the molecule is Cc1ccc(CNC(=O)CCc2ncc(-c3ccc(F)cc3F)o2)cc1. The lowest BCUT2D eigenvalue weighted by Gasteiger charge is -2.05. The van der Waals surface area contributed by atoms with Crippen LogP contribution in [0.1, 0.15) is 23.4 Å². The number of carbonyl (C=O) groups is 1. The van der Waals surface area contributed by atoms with Gasteiger partial charge in [-0.2, -0.15) is 0 Å². The maximum absolute atomic E-state index is 13.8. The highest BCUT2D eigenvalue weighted by Crippen LogP contribution is 2.24. The summed E-state index contributed by atoms with van der Waals surface area (Å²) in [4.78, 5) is 16.0. The van der Waals surface area contributed by atoms with Gasteiger partial charge in [0.1, 0.15) is 11.6 Å². The molecule has 3 rings (SSSR count). The average molecular weight is 356 g/mol. The van der Waals surface area contributed by atoms with Gasteiger partial charge < -0.3 is 9.73 Å². The first-order valence-corrected chi connectivity index (χ1v) is 8.23. The summed E-state index contributed by atoms with van der Waals surface area (Å²) in [7, 11) is 0. The summed E-state index contributed by atoms with van der Waals surface area (Å²) in [5.74, 6) is -0.968. The Morgan fingerprint density at radius 3 is 2.65 bits per heavy atom. The number of halogens is 2. The van der Waals surface area contributed by atoms with Gasteiger partial charge >= 0.3 is 0 Å². The molecule has 0 atom stereocenters. The number of nitrogens with zero attached hydrogens (tertiary/aromatic N) is 1. The molecule has 26 heavy (non-hydrogen) atoms. The summed E-state index contributed by atoms with van der Waals surface area (Å²) in [5, 5.41) is 2.83. The number of hydrogen-bond donors (Lipinski definition) is 1. The summed E-state index contributed by atoms with van der Waals surface area (Å²) in [5.41, 5.74) is 2.32. The molecule has 0 radical (unpaired) electrons. The van der Waals surface area contributed by atoms with Crippen LogP contribution in [0.4, 0.5) is 8.78 Å². The molecule has 6 heteroatoms. The van der Waals surface area contributed by atoms with Gasteiger partial charge in [-0.05, 0) is 24.6 Å². The third-order valence-electron chi connectivity index (χ3n) is 3.93. The van der Waals surface area contributed by atoms with Crippen LogP contribution >= 0.6 is 0 Å². The first-order valence-electron chi connectivity index (χ1n) is 8.23. The smallest absolute Gasteiger partial charge is 0.220 e. The van der Waals surface area contributed by atoms with E-state index in [4.69, 9.17) is 4.42 Å². The highest BCUT2D eigenvalue weighted by atomic mass is 19.1. The molecule has 0 bridgehead atoms. The lowest BCUT2D eigenvalue weighted by Crippen LogP contribution is -2.23. The number of hydrogen-bond acceptors (Lipinski definition) is 3. The van der Waals surface area contributed by atoms with E-state index in [1.807, 2.05) is 31.2 Å². The Labute approximate surface area is 149 Å². The minimum absolute atomic E-state index is 0.127. The number of benzene rings is 2. The van der Waals surface area contributed by atoms with E-state index in [2.05, 4.69) is 10.3 Å². The number of carbonyl (C=O) groups excluding carboxylic acids is 1. The second-order valence-electron chi connectivity index (χ2n) is 6.00. The Balaban J connectivity index is 1.52. The third kappa shape index (κ3) is 4.53. The van der Waals surface area contributed by atoms with Crippen molar-refractivity contribution >= 4 is 5.91 Å². The maximum atomic E-state index is 13.8. The van der Waals surface area contributed by atoms with Crippen LogP contribution in [-0.4, -0.2) is 10.9 Å². The van der Waals surface area contributed by atoms with Gasteiger partial charge in [0, 0.05) is 25.5 Å². The van der Waals surface area contributed by atoms with Gasteiger partial charge in [0.15, 0.2) is 11.7 Å². The van der Waals surface area contributed by atoms with Crippen molar-refractivity contribution in [1.82, 2.24) is 10.3 Å². The number of nitrogens with one attached hydrogen (secondary N) is 1. The summed E-state index contributed by atoms with van der Waals surface area (Å²) in [6.07, 6.45) is 1.87. The third-order valence-corrected chi connectivity index (χ3v) is 3.93. The van der Waals surface area contributed by atoms with Crippen molar-refractivity contribution in [1.29, 1.82) is 0 Å². The summed E-state index contributed by atoms with van der Waals surface area (Å²) >= 11 is 0. The van der Waals surface area contributed by atoms with Crippen LogP contribution in [0.3, 0.4) is 0 Å². The number of oxazole rings is 1. The molecule has 0 aliphatic rings. The topological polar surface area (TPSA) is 55.1 Å². The number of rotatable bonds is 6. The molecule has 1 aromatic heterocycles. The molecule has 3 aromatic rings. The monoisotopic (exact) mass is 356 g/mol. The van der Waals surface area contributed by atoms with Crippen LogP contribution in [0.25, 0.3) is 11.3 Å². The first kappa shape index (κ1) is 17.8. The molecular weight excluding hydrogens is 338 g/mol. The van der Waals surface area contributed by atoms with Crippen molar-refractivity contribution < 1.29 is 18.0 Å². The van der Waals surface area contributed by atoms with E-state index in [0.717, 1.165) is 23.3 Å². The minimum atomic E-state index is -0.719. The Kier molecular flexibility index (Phi) is 5.41. The second-order valence-corrected chi connectivity index (χ2v) is 6.00. The lowest BCUT2D eigenvalue weighted by atomic mass is 10.1. The van der Waals surface area contributed by atoms with Crippen LogP contribution in [0.5, 0.6) is 0 Å². The quantitative estimate of drug-likeness (QED) is 0.721. The zero-order valence-electron chi connectivity index (χ0n) is 14.3. The number of aryl methyl sites for hydroxylation is 2. The second kappa shape index (κ2) is 7.91. The van der Waals surface area contributed by atoms with Crippen molar-refractivity contribution in [3.63, 3.8) is 0 Å². The Morgan fingerprint density at radius 1 is 1.15 bits per heavy atom. The highest BCUT2D eigenvalue weighted by molar-refractivity contribution is 5.76. The first-order chi connectivity index (χ1) is 12.5. The van der Waals surface area contributed by atoms with Crippen molar-refractivity contribution in [2.45, 2.75) is 26.3 Å². The van der Waals surface area contributed by atoms with Crippen molar-refractivity contribution in [2.24, 2.45) is 0 Å². The molecule has 0 aliphatic heterocycles. The van der Waals surface area contributed by atoms with E-state index in [1.165, 1.54) is 12.3 Å². The van der Waals surface area contributed by atoms with E-state index >= 15 is 0 Å². The van der Waals surface area contributed by atoms with Crippen LogP contribution < -0.4 is 5.32 Å². The van der Waals surface area contributed by atoms with Gasteiger partial charge in [0.05, 0.1) is 11.8 Å². The van der Waals surface area contributed by atoms with Crippen LogP contribution in [0.15, 0.2) is 53.1 Å². The Morgan fingerprint density at radius 2 is 1.92 bits per heavy atom. The number of amides is 1. The molecule has 0 saturated heterocycles. The molecule has 0 unspecified atom stereocenters. The van der Waals surface area contributed by atoms with Crippen LogP contribution in [0, 0.1) is 18.6 Å². The van der Waals surface area contributed by atoms with Crippen molar-refractivity contribution in [3.05, 3.63) is 77.3 Å². The van der Waals surface area contributed by atoms with Gasteiger partial charge in [-0.3, -0.25) is 4.79 Å². The molecule has 0 saturated carbocycles. The van der Waals surface area contributed by atoms with Gasteiger partial charge in [-0.25, -0.2) is 13.8 Å². The summed E-state index contributed by atoms with van der Waals surface area (Å²) in [6.45, 7) is 2.46. The molecule has 1 heterocycles. The fourth-order valence-corrected chi connectivity index (χ4v) is 2.46. The van der Waals surface area contributed by atoms with E-state index in [9.17, 15) is 13.6 Å². The van der Waals surface area contributed by atoms with Gasteiger partial charge in [0.25, 0.3) is 0 Å². The predicted octanol–water partition coefficient (Wildman–Crippen LogP) is 4.18. The standard InChI is InChI=1S/C20H18F2N2O2/c1-13-2-4-14(5-3-13)11-23-19(25)8-9-20-24-12-18(26-20)16-7-6-15(21)10-17(16)22/h2-7,10,12H,8-9,11H2,1H3,(H,23,25). The normalized spacial score (nSPS) is 10.7. The summed E-state index contributed by atoms with van der Waals surface area (Å²) < 4.78 is 32.2. The van der Waals surface area contributed by atoms with E-state index < -0.39 is 11.6 Å². The van der Waals surface area contributed by atoms with Crippen LogP contribution in [0.2, 0.25) is 0 Å². The Hall–Kier alpha value is -3.02. The highest BCUT2D eigenvalue weighted by Gasteiger charge is 2.13. The molecule has 1 amide bonds. The van der Waals surface area contributed by atoms with Gasteiger partial charge in [-0.15, -0.1) is 0 Å². The average Bonchev–Trinajstić information content (AvgIpc) is 3.08. The molecule has 4 nitrogen and oxygen atoms in total. The molecule has 134 valence electrons. The van der Waals surface area contributed by atoms with Crippen molar-refractivity contribution in [3.8, 4) is 11.3 Å². The van der Waals surface area contributed by atoms with Gasteiger partial charge in [0.2, 0.25) is 5.91 Å². The Bertz CT molecular complexity index is 904. The van der Waals surface area contributed by atoms with Crippen LogP contribution in [-0.2, 0) is 17.8 Å².